The van der Waals surface area contributed by atoms with Crippen LogP contribution in [0.15, 0.2) is 28.0 Å². The third-order valence-electron chi connectivity index (χ3n) is 7.37. The van der Waals surface area contributed by atoms with Gasteiger partial charge in [-0.25, -0.2) is 4.98 Å². The third kappa shape index (κ3) is 5.54. The number of aryl methyl sites for hydroxylation is 1. The molecule has 0 spiro atoms. The van der Waals surface area contributed by atoms with E-state index in [0.29, 0.717) is 50.6 Å². The number of carbonyl (C=O) groups is 1. The molecular weight excluding hydrogens is 488 g/mol. The number of thioether (sulfide) groups is 1. The van der Waals surface area contributed by atoms with Crippen LogP contribution in [-0.2, 0) is 4.79 Å². The Labute approximate surface area is 224 Å². The van der Waals surface area contributed by atoms with Gasteiger partial charge in [0.25, 0.3) is 11.5 Å². The summed E-state index contributed by atoms with van der Waals surface area (Å²) in [4.78, 5) is 36.7. The van der Waals surface area contributed by atoms with Gasteiger partial charge in [-0.05, 0) is 55.2 Å². The van der Waals surface area contributed by atoms with Crippen molar-refractivity contribution < 1.29 is 4.79 Å². The van der Waals surface area contributed by atoms with Crippen LogP contribution in [0.2, 0.25) is 0 Å². The minimum Gasteiger partial charge on any atom is -0.355 e. The minimum absolute atomic E-state index is 0.0972. The summed E-state index contributed by atoms with van der Waals surface area (Å²) in [7, 11) is 0. The maximum atomic E-state index is 13.8. The number of aromatic nitrogens is 2. The zero-order chi connectivity index (χ0) is 26.0. The molecule has 2 saturated heterocycles. The van der Waals surface area contributed by atoms with Crippen molar-refractivity contribution in [3.05, 3.63) is 44.7 Å². The van der Waals surface area contributed by atoms with Crippen LogP contribution in [0.1, 0.15) is 70.9 Å². The van der Waals surface area contributed by atoms with E-state index in [1.165, 1.54) is 11.8 Å². The van der Waals surface area contributed by atoms with E-state index >= 15 is 0 Å². The van der Waals surface area contributed by atoms with Gasteiger partial charge in [-0.2, -0.15) is 0 Å². The first kappa shape index (κ1) is 26.9. The molecular formula is C28H38N4O2S2. The van der Waals surface area contributed by atoms with Crippen molar-refractivity contribution in [2.75, 3.05) is 24.5 Å². The summed E-state index contributed by atoms with van der Waals surface area (Å²) >= 11 is 6.92. The number of piperidine rings is 1. The first-order valence-electron chi connectivity index (χ1n) is 13.3. The second kappa shape index (κ2) is 11.5. The molecule has 0 radical (unpaired) electrons. The first-order valence-corrected chi connectivity index (χ1v) is 14.5. The molecule has 0 aliphatic carbocycles. The Hall–Kier alpha value is -2.19. The predicted molar refractivity (Wildman–Crippen MR) is 155 cm³/mol. The lowest BCUT2D eigenvalue weighted by atomic mass is 9.91. The summed E-state index contributed by atoms with van der Waals surface area (Å²) in [6.45, 7) is 13.1. The van der Waals surface area contributed by atoms with Crippen molar-refractivity contribution in [3.63, 3.8) is 0 Å². The molecule has 0 saturated carbocycles. The van der Waals surface area contributed by atoms with Crippen molar-refractivity contribution in [2.45, 2.75) is 66.7 Å². The molecule has 8 heteroatoms. The molecule has 2 aromatic heterocycles. The van der Waals surface area contributed by atoms with E-state index in [1.807, 2.05) is 19.1 Å². The summed E-state index contributed by atoms with van der Waals surface area (Å²) in [5, 5.41) is 0. The van der Waals surface area contributed by atoms with E-state index in [-0.39, 0.29) is 11.5 Å². The van der Waals surface area contributed by atoms with Gasteiger partial charge in [0.15, 0.2) is 0 Å². The van der Waals surface area contributed by atoms with Crippen molar-refractivity contribution in [3.8, 4) is 0 Å². The molecule has 2 aromatic rings. The number of nitrogens with zero attached hydrogens (tertiary/aromatic N) is 4. The van der Waals surface area contributed by atoms with Crippen LogP contribution >= 0.6 is 24.0 Å². The fourth-order valence-electron chi connectivity index (χ4n) is 5.47. The molecule has 194 valence electrons. The quantitative estimate of drug-likeness (QED) is 0.315. The van der Waals surface area contributed by atoms with Crippen LogP contribution in [0.4, 0.5) is 5.82 Å². The summed E-state index contributed by atoms with van der Waals surface area (Å²) in [6, 6.07) is 3.83. The van der Waals surface area contributed by atoms with Crippen LogP contribution in [-0.4, -0.2) is 44.1 Å². The molecule has 0 N–H and O–H groups in total. The number of thiocarbonyl (C=S) groups is 1. The molecule has 2 aliphatic rings. The van der Waals surface area contributed by atoms with Gasteiger partial charge >= 0.3 is 0 Å². The predicted octanol–water partition coefficient (Wildman–Crippen LogP) is 5.90. The highest BCUT2D eigenvalue weighted by molar-refractivity contribution is 8.26. The monoisotopic (exact) mass is 526 g/mol. The highest BCUT2D eigenvalue weighted by atomic mass is 32.2. The number of hydrogen-bond donors (Lipinski definition) is 0. The molecule has 4 rings (SSSR count). The SMILES string of the molecule is CCCC[C@H](CC)CN1C(=O)/C(=C/c2c(N3C[C@@H](C)C[C@H](C)C3)nc3c(C)cccn3c2=O)SC1=S. The zero-order valence-corrected chi connectivity index (χ0v) is 23.8. The Kier molecular flexibility index (Phi) is 8.56. The smallest absolute Gasteiger partial charge is 0.267 e. The molecule has 2 fully saturated rings. The number of hydrogen-bond acceptors (Lipinski definition) is 6. The lowest BCUT2D eigenvalue weighted by molar-refractivity contribution is -0.122. The molecule has 4 heterocycles. The molecule has 2 aliphatic heterocycles. The maximum Gasteiger partial charge on any atom is 0.267 e. The largest absolute Gasteiger partial charge is 0.355 e. The number of pyridine rings is 1. The highest BCUT2D eigenvalue weighted by Crippen LogP contribution is 2.35. The number of anilines is 1. The molecule has 6 nitrogen and oxygen atoms in total. The van der Waals surface area contributed by atoms with Gasteiger partial charge in [0.1, 0.15) is 15.8 Å². The van der Waals surface area contributed by atoms with Crippen LogP contribution in [0.3, 0.4) is 0 Å². The van der Waals surface area contributed by atoms with E-state index in [9.17, 15) is 9.59 Å². The third-order valence-corrected chi connectivity index (χ3v) is 8.74. The van der Waals surface area contributed by atoms with Crippen molar-refractivity contribution in [2.24, 2.45) is 17.8 Å². The van der Waals surface area contributed by atoms with Gasteiger partial charge in [-0.3, -0.25) is 18.9 Å². The van der Waals surface area contributed by atoms with Gasteiger partial charge in [0, 0.05) is 25.8 Å². The normalized spacial score (nSPS) is 22.8. The number of fused-ring (bicyclic) bond motifs is 1. The van der Waals surface area contributed by atoms with E-state index in [2.05, 4.69) is 32.6 Å². The van der Waals surface area contributed by atoms with E-state index in [4.69, 9.17) is 17.2 Å². The molecule has 0 unspecified atom stereocenters. The topological polar surface area (TPSA) is 57.9 Å². The lowest BCUT2D eigenvalue weighted by Gasteiger charge is -2.36. The van der Waals surface area contributed by atoms with E-state index in [1.54, 1.807) is 21.6 Å². The van der Waals surface area contributed by atoms with Gasteiger partial charge in [-0.1, -0.05) is 77.0 Å². The van der Waals surface area contributed by atoms with Gasteiger partial charge in [-0.15, -0.1) is 0 Å². The van der Waals surface area contributed by atoms with E-state index < -0.39 is 0 Å². The number of amides is 1. The fourth-order valence-corrected chi connectivity index (χ4v) is 6.72. The van der Waals surface area contributed by atoms with Gasteiger partial charge in [0.2, 0.25) is 0 Å². The Morgan fingerprint density at radius 1 is 1.22 bits per heavy atom. The summed E-state index contributed by atoms with van der Waals surface area (Å²) in [5.41, 5.74) is 1.93. The number of carbonyl (C=O) groups excluding carboxylic acids is 1. The molecule has 0 bridgehead atoms. The van der Waals surface area contributed by atoms with Gasteiger partial charge in [0.05, 0.1) is 10.5 Å². The fraction of sp³-hybridized carbons (Fsp3) is 0.571. The Morgan fingerprint density at radius 2 is 1.94 bits per heavy atom. The molecule has 1 amide bonds. The van der Waals surface area contributed by atoms with Crippen LogP contribution in [0.5, 0.6) is 0 Å². The zero-order valence-electron chi connectivity index (χ0n) is 22.1. The number of unbranched alkanes of at least 4 members (excludes halogenated alkanes) is 1. The summed E-state index contributed by atoms with van der Waals surface area (Å²) in [5.74, 6) is 2.01. The lowest BCUT2D eigenvalue weighted by Crippen LogP contribution is -2.40. The second-order valence-corrected chi connectivity index (χ2v) is 12.3. The second-order valence-electron chi connectivity index (χ2n) is 10.6. The highest BCUT2D eigenvalue weighted by Gasteiger charge is 2.34. The Bertz CT molecular complexity index is 1230. The molecule has 36 heavy (non-hydrogen) atoms. The van der Waals surface area contributed by atoms with E-state index in [0.717, 1.165) is 50.8 Å². The molecule has 0 aromatic carbocycles. The standard InChI is InChI=1S/C28H38N4O2S2/c1-6-8-11-21(7-2)17-32-27(34)23(36-28(32)35)14-22-25(30-15-18(3)13-19(4)16-30)29-24-20(5)10-9-12-31(24)26(22)33/h9-10,12,14,18-19,21H,6-8,11,13,15-17H2,1-5H3/b23-14-/t18-,19-,21-/m0/s1. The molecule has 3 atom stereocenters. The minimum atomic E-state index is -0.149. The summed E-state index contributed by atoms with van der Waals surface area (Å²) < 4.78 is 2.17. The Morgan fingerprint density at radius 3 is 2.61 bits per heavy atom. The van der Waals surface area contributed by atoms with Crippen molar-refractivity contribution in [1.29, 1.82) is 0 Å². The summed E-state index contributed by atoms with van der Waals surface area (Å²) in [6.07, 6.45) is 9.06. The Balaban J connectivity index is 1.76. The van der Waals surface area contributed by atoms with Crippen molar-refractivity contribution >= 4 is 51.7 Å². The number of rotatable bonds is 8. The first-order chi connectivity index (χ1) is 17.2. The van der Waals surface area contributed by atoms with Crippen molar-refractivity contribution in [1.82, 2.24) is 14.3 Å². The maximum absolute atomic E-state index is 13.8. The average Bonchev–Trinajstić information content (AvgIpc) is 3.10. The van der Waals surface area contributed by atoms with Crippen LogP contribution < -0.4 is 10.5 Å². The average molecular weight is 527 g/mol. The van der Waals surface area contributed by atoms with Crippen LogP contribution in [0, 0.1) is 24.7 Å². The van der Waals surface area contributed by atoms with Crippen LogP contribution in [0.25, 0.3) is 11.7 Å². The van der Waals surface area contributed by atoms with Gasteiger partial charge < -0.3 is 4.90 Å².